The van der Waals surface area contributed by atoms with Crippen LogP contribution in [0.2, 0.25) is 0 Å². The van der Waals surface area contributed by atoms with Gasteiger partial charge in [-0.05, 0) is 34.8 Å². The van der Waals surface area contributed by atoms with Gasteiger partial charge in [0.05, 0.1) is 4.47 Å². The Balaban J connectivity index is 2.05. The zero-order chi connectivity index (χ0) is 12.3. The number of amides is 1. The van der Waals surface area contributed by atoms with Gasteiger partial charge in [0.25, 0.3) is 5.91 Å². The summed E-state index contributed by atoms with van der Waals surface area (Å²) < 4.78 is 6.26. The minimum atomic E-state index is -0.471. The molecule has 0 spiro atoms. The molecule has 0 unspecified atom stereocenters. The predicted molar refractivity (Wildman–Crippen MR) is 68.7 cm³/mol. The van der Waals surface area contributed by atoms with Gasteiger partial charge in [-0.3, -0.25) is 4.79 Å². The maximum Gasteiger partial charge on any atom is 0.255 e. The molecule has 1 aliphatic carbocycles. The van der Waals surface area contributed by atoms with Crippen molar-refractivity contribution in [1.82, 2.24) is 5.32 Å². The number of benzene rings is 1. The number of carbonyl (C=O) groups is 1. The van der Waals surface area contributed by atoms with Crippen molar-refractivity contribution < 1.29 is 9.53 Å². The highest BCUT2D eigenvalue weighted by atomic mass is 79.9. The van der Waals surface area contributed by atoms with Gasteiger partial charge in [-0.2, -0.15) is 0 Å². The Labute approximate surface area is 109 Å². The Morgan fingerprint density at radius 3 is 2.94 bits per heavy atom. The number of primary amides is 1. The van der Waals surface area contributed by atoms with Crippen LogP contribution in [0.4, 0.5) is 0 Å². The number of ether oxygens (including phenoxy) is 1. The summed E-state index contributed by atoms with van der Waals surface area (Å²) >= 11 is 3.42. The molecular weight excluding hydrogens is 284 g/mol. The summed E-state index contributed by atoms with van der Waals surface area (Å²) in [6.07, 6.45) is 2.48. The molecule has 0 atom stereocenters. The molecule has 1 aromatic rings. The monoisotopic (exact) mass is 298 g/mol. The van der Waals surface area contributed by atoms with Gasteiger partial charge < -0.3 is 15.8 Å². The Morgan fingerprint density at radius 2 is 2.29 bits per heavy atom. The number of rotatable bonds is 6. The summed E-state index contributed by atoms with van der Waals surface area (Å²) in [6, 6.07) is 6.46. The zero-order valence-corrected chi connectivity index (χ0v) is 11.0. The lowest BCUT2D eigenvalue weighted by atomic mass is 10.2. The maximum absolute atomic E-state index is 10.7. The molecule has 17 heavy (non-hydrogen) atoms. The molecule has 2 rings (SSSR count). The van der Waals surface area contributed by atoms with Crippen molar-refractivity contribution >= 4 is 21.8 Å². The smallest absolute Gasteiger partial charge is 0.255 e. The van der Waals surface area contributed by atoms with E-state index in [-0.39, 0.29) is 6.61 Å². The van der Waals surface area contributed by atoms with Gasteiger partial charge in [0.2, 0.25) is 0 Å². The Morgan fingerprint density at radius 1 is 1.53 bits per heavy atom. The first-order chi connectivity index (χ1) is 8.16. The molecule has 1 fully saturated rings. The summed E-state index contributed by atoms with van der Waals surface area (Å²) in [5, 5.41) is 3.41. The van der Waals surface area contributed by atoms with E-state index < -0.39 is 5.91 Å². The van der Waals surface area contributed by atoms with Crippen LogP contribution in [0.5, 0.6) is 5.75 Å². The molecule has 1 amide bonds. The third-order valence-corrected chi connectivity index (χ3v) is 3.19. The third-order valence-electron chi connectivity index (χ3n) is 2.57. The van der Waals surface area contributed by atoms with Gasteiger partial charge in [-0.15, -0.1) is 0 Å². The molecule has 0 aliphatic heterocycles. The summed E-state index contributed by atoms with van der Waals surface area (Å²) in [5.41, 5.74) is 6.11. The van der Waals surface area contributed by atoms with Crippen LogP contribution in [-0.4, -0.2) is 18.6 Å². The number of carbonyl (C=O) groups excluding carboxylic acids is 1. The summed E-state index contributed by atoms with van der Waals surface area (Å²) in [4.78, 5) is 10.7. The second-order valence-corrected chi connectivity index (χ2v) is 4.99. The first-order valence-electron chi connectivity index (χ1n) is 5.58. The lowest BCUT2D eigenvalue weighted by Gasteiger charge is -2.12. The van der Waals surface area contributed by atoms with Crippen molar-refractivity contribution in [1.29, 1.82) is 0 Å². The highest BCUT2D eigenvalue weighted by Crippen LogP contribution is 2.30. The molecule has 1 aliphatic rings. The van der Waals surface area contributed by atoms with Crippen molar-refractivity contribution in [2.75, 3.05) is 6.61 Å². The molecule has 92 valence electrons. The number of hydrogen-bond donors (Lipinski definition) is 2. The number of para-hydroxylation sites is 1. The predicted octanol–water partition coefficient (Wildman–Crippen LogP) is 1.57. The number of hydrogen-bond acceptors (Lipinski definition) is 3. The van der Waals surface area contributed by atoms with Gasteiger partial charge in [0.15, 0.2) is 6.61 Å². The summed E-state index contributed by atoms with van der Waals surface area (Å²) in [5.74, 6) is 0.223. The van der Waals surface area contributed by atoms with Crippen LogP contribution < -0.4 is 15.8 Å². The third kappa shape index (κ3) is 3.71. The zero-order valence-electron chi connectivity index (χ0n) is 9.41. The maximum atomic E-state index is 10.7. The van der Waals surface area contributed by atoms with Crippen LogP contribution in [0.1, 0.15) is 18.4 Å². The van der Waals surface area contributed by atoms with Crippen LogP contribution in [0.15, 0.2) is 22.7 Å². The summed E-state index contributed by atoms with van der Waals surface area (Å²) in [6.45, 7) is 0.650. The van der Waals surface area contributed by atoms with E-state index in [1.54, 1.807) is 0 Å². The van der Waals surface area contributed by atoms with Gasteiger partial charge in [0, 0.05) is 18.2 Å². The van der Waals surface area contributed by atoms with Crippen molar-refractivity contribution in [2.24, 2.45) is 5.73 Å². The lowest BCUT2D eigenvalue weighted by molar-refractivity contribution is -0.119. The fraction of sp³-hybridized carbons (Fsp3) is 0.417. The Kier molecular flexibility index (Phi) is 4.02. The summed E-state index contributed by atoms with van der Waals surface area (Å²) in [7, 11) is 0. The second-order valence-electron chi connectivity index (χ2n) is 4.14. The fourth-order valence-corrected chi connectivity index (χ4v) is 2.06. The molecule has 0 radical (unpaired) electrons. The van der Waals surface area contributed by atoms with Crippen LogP contribution in [0.3, 0.4) is 0 Å². The average molecular weight is 299 g/mol. The van der Waals surface area contributed by atoms with E-state index in [1.165, 1.54) is 12.8 Å². The Bertz CT molecular complexity index is 419. The van der Waals surface area contributed by atoms with Crippen molar-refractivity contribution in [2.45, 2.75) is 25.4 Å². The van der Waals surface area contributed by atoms with E-state index in [9.17, 15) is 4.79 Å². The molecule has 0 aromatic heterocycles. The highest BCUT2D eigenvalue weighted by Gasteiger charge is 2.21. The van der Waals surface area contributed by atoms with Crippen molar-refractivity contribution in [3.8, 4) is 5.75 Å². The number of halogens is 1. The van der Waals surface area contributed by atoms with Gasteiger partial charge >= 0.3 is 0 Å². The molecule has 0 saturated heterocycles. The van der Waals surface area contributed by atoms with Gasteiger partial charge in [0.1, 0.15) is 5.75 Å². The molecule has 4 nitrogen and oxygen atoms in total. The number of nitrogens with two attached hydrogens (primary N) is 1. The minimum absolute atomic E-state index is 0.0982. The average Bonchev–Trinajstić information content (AvgIpc) is 3.08. The SMILES string of the molecule is NC(=O)COc1c(Br)cccc1CNC1CC1. The largest absolute Gasteiger partial charge is 0.482 e. The molecule has 1 aromatic carbocycles. The number of nitrogens with one attached hydrogen (secondary N) is 1. The quantitative estimate of drug-likeness (QED) is 0.838. The molecule has 0 bridgehead atoms. The van der Waals surface area contributed by atoms with E-state index in [0.29, 0.717) is 11.8 Å². The van der Waals surface area contributed by atoms with E-state index in [1.807, 2.05) is 18.2 Å². The fourth-order valence-electron chi connectivity index (χ4n) is 1.54. The standard InChI is InChI=1S/C12H15BrN2O2/c13-10-3-1-2-8(6-15-9-4-5-9)12(10)17-7-11(14)16/h1-3,9,15H,4-7H2,(H2,14,16). The molecule has 3 N–H and O–H groups in total. The van der Waals surface area contributed by atoms with Crippen LogP contribution >= 0.6 is 15.9 Å². The molecule has 0 heterocycles. The molecular formula is C12H15BrN2O2. The van der Waals surface area contributed by atoms with E-state index in [2.05, 4.69) is 21.2 Å². The van der Waals surface area contributed by atoms with Gasteiger partial charge in [-0.1, -0.05) is 12.1 Å². The normalized spacial score (nSPS) is 14.6. The topological polar surface area (TPSA) is 64.4 Å². The van der Waals surface area contributed by atoms with E-state index >= 15 is 0 Å². The molecule has 5 heteroatoms. The highest BCUT2D eigenvalue weighted by molar-refractivity contribution is 9.10. The first kappa shape index (κ1) is 12.4. The molecule has 1 saturated carbocycles. The van der Waals surface area contributed by atoms with Crippen LogP contribution in [0, 0.1) is 0 Å². The van der Waals surface area contributed by atoms with Crippen LogP contribution in [0.25, 0.3) is 0 Å². The van der Waals surface area contributed by atoms with E-state index in [0.717, 1.165) is 16.6 Å². The van der Waals surface area contributed by atoms with Gasteiger partial charge in [-0.25, -0.2) is 0 Å². The second kappa shape index (κ2) is 5.51. The Hall–Kier alpha value is -1.07. The van der Waals surface area contributed by atoms with Crippen LogP contribution in [-0.2, 0) is 11.3 Å². The van der Waals surface area contributed by atoms with Crippen molar-refractivity contribution in [3.05, 3.63) is 28.2 Å². The van der Waals surface area contributed by atoms with E-state index in [4.69, 9.17) is 10.5 Å². The lowest BCUT2D eigenvalue weighted by Crippen LogP contribution is -2.21. The van der Waals surface area contributed by atoms with Crippen molar-refractivity contribution in [3.63, 3.8) is 0 Å². The minimum Gasteiger partial charge on any atom is -0.482 e. The first-order valence-corrected chi connectivity index (χ1v) is 6.38.